The molecule has 1 heterocycles. The van der Waals surface area contributed by atoms with Gasteiger partial charge in [-0.2, -0.15) is 5.10 Å². The van der Waals surface area contributed by atoms with Gasteiger partial charge in [-0.05, 0) is 31.7 Å². The lowest BCUT2D eigenvalue weighted by molar-refractivity contribution is 0.0924. The van der Waals surface area contributed by atoms with Crippen LogP contribution in [0.1, 0.15) is 47.4 Å². The summed E-state index contributed by atoms with van der Waals surface area (Å²) in [5.74, 6) is 0.330. The summed E-state index contributed by atoms with van der Waals surface area (Å²) >= 11 is 6.42. The van der Waals surface area contributed by atoms with Crippen molar-refractivity contribution in [2.45, 2.75) is 40.7 Å². The maximum absolute atomic E-state index is 12.4. The Bertz CT molecular complexity index is 723. The third kappa shape index (κ3) is 5.85. The smallest absolute Gasteiger partial charge is 0.256 e. The fourth-order valence-electron chi connectivity index (χ4n) is 2.57. The molecule has 2 aromatic rings. The quantitative estimate of drug-likeness (QED) is 0.672. The van der Waals surface area contributed by atoms with E-state index in [1.54, 1.807) is 11.6 Å². The van der Waals surface area contributed by atoms with Crippen LogP contribution in [0.2, 0.25) is 5.15 Å². The highest BCUT2D eigenvalue weighted by Crippen LogP contribution is 2.21. The predicted octanol–water partition coefficient (Wildman–Crippen LogP) is 3.99. The maximum Gasteiger partial charge on any atom is 0.256 e. The van der Waals surface area contributed by atoms with Crippen molar-refractivity contribution in [3.63, 3.8) is 0 Å². The molecule has 0 fully saturated rings. The van der Waals surface area contributed by atoms with Gasteiger partial charge in [0.15, 0.2) is 0 Å². The zero-order valence-corrected chi connectivity index (χ0v) is 16.8. The van der Waals surface area contributed by atoms with Gasteiger partial charge >= 0.3 is 0 Å². The SMILES string of the molecule is Cc1ccc(Cn2nc(C)c(C(=O)NCCCOCC(C)C)c2Cl)cc1. The van der Waals surface area contributed by atoms with E-state index in [0.29, 0.717) is 42.0 Å². The Hall–Kier alpha value is -1.85. The van der Waals surface area contributed by atoms with E-state index >= 15 is 0 Å². The molecule has 0 spiro atoms. The molecule has 0 bridgehead atoms. The van der Waals surface area contributed by atoms with Gasteiger partial charge in [0.25, 0.3) is 5.91 Å². The molecule has 142 valence electrons. The zero-order valence-electron chi connectivity index (χ0n) is 16.0. The van der Waals surface area contributed by atoms with Crippen LogP contribution in [0.3, 0.4) is 0 Å². The molecule has 1 amide bonds. The molecule has 1 aromatic heterocycles. The van der Waals surface area contributed by atoms with Crippen molar-refractivity contribution < 1.29 is 9.53 Å². The van der Waals surface area contributed by atoms with E-state index in [2.05, 4.69) is 36.4 Å². The van der Waals surface area contributed by atoms with E-state index in [-0.39, 0.29) is 5.91 Å². The van der Waals surface area contributed by atoms with Gasteiger partial charge in [-0.3, -0.25) is 4.79 Å². The first-order valence-electron chi connectivity index (χ1n) is 9.03. The lowest BCUT2D eigenvalue weighted by Gasteiger charge is -2.08. The van der Waals surface area contributed by atoms with Crippen LogP contribution < -0.4 is 5.32 Å². The highest BCUT2D eigenvalue weighted by atomic mass is 35.5. The van der Waals surface area contributed by atoms with Crippen LogP contribution >= 0.6 is 11.6 Å². The first kappa shape index (κ1) is 20.5. The molecule has 26 heavy (non-hydrogen) atoms. The first-order valence-corrected chi connectivity index (χ1v) is 9.40. The normalized spacial score (nSPS) is 11.2. The molecule has 2 rings (SSSR count). The van der Waals surface area contributed by atoms with E-state index in [1.165, 1.54) is 5.56 Å². The largest absolute Gasteiger partial charge is 0.381 e. The van der Waals surface area contributed by atoms with E-state index in [1.807, 2.05) is 19.1 Å². The number of ether oxygens (including phenoxy) is 1. The predicted molar refractivity (Wildman–Crippen MR) is 105 cm³/mol. The van der Waals surface area contributed by atoms with Crippen molar-refractivity contribution >= 4 is 17.5 Å². The van der Waals surface area contributed by atoms with Crippen molar-refractivity contribution in [3.8, 4) is 0 Å². The van der Waals surface area contributed by atoms with Gasteiger partial charge in [-0.25, -0.2) is 4.68 Å². The van der Waals surface area contributed by atoms with Crippen LogP contribution in [-0.2, 0) is 11.3 Å². The van der Waals surface area contributed by atoms with Crippen molar-refractivity contribution in [3.05, 3.63) is 51.8 Å². The van der Waals surface area contributed by atoms with Gasteiger partial charge in [-0.1, -0.05) is 55.3 Å². The average molecular weight is 378 g/mol. The number of nitrogens with one attached hydrogen (secondary N) is 1. The standard InChI is InChI=1S/C20H28ClN3O2/c1-14(2)13-26-11-5-10-22-20(25)18-16(4)23-24(19(18)21)12-17-8-6-15(3)7-9-17/h6-9,14H,5,10-13H2,1-4H3,(H,22,25). The summed E-state index contributed by atoms with van der Waals surface area (Å²) in [4.78, 5) is 12.4. The molecule has 1 N–H and O–H groups in total. The zero-order chi connectivity index (χ0) is 19.1. The number of aryl methyl sites for hydroxylation is 2. The van der Waals surface area contributed by atoms with Gasteiger partial charge < -0.3 is 10.1 Å². The van der Waals surface area contributed by atoms with Gasteiger partial charge in [-0.15, -0.1) is 0 Å². The number of carbonyl (C=O) groups is 1. The molecule has 0 aliphatic rings. The number of aromatic nitrogens is 2. The average Bonchev–Trinajstić information content (AvgIpc) is 2.86. The summed E-state index contributed by atoms with van der Waals surface area (Å²) < 4.78 is 7.18. The number of hydrogen-bond acceptors (Lipinski definition) is 3. The van der Waals surface area contributed by atoms with Crippen LogP contribution in [-0.4, -0.2) is 35.4 Å². The Labute approximate surface area is 160 Å². The number of amides is 1. The lowest BCUT2D eigenvalue weighted by Crippen LogP contribution is -2.26. The molecule has 6 heteroatoms. The molecule has 0 saturated heterocycles. The molecule has 5 nitrogen and oxygen atoms in total. The fraction of sp³-hybridized carbons (Fsp3) is 0.500. The molecule has 1 aromatic carbocycles. The van der Waals surface area contributed by atoms with E-state index < -0.39 is 0 Å². The van der Waals surface area contributed by atoms with Crippen LogP contribution in [0.4, 0.5) is 0 Å². The van der Waals surface area contributed by atoms with Crippen molar-refractivity contribution in [1.29, 1.82) is 0 Å². The summed E-state index contributed by atoms with van der Waals surface area (Å²) in [6.45, 7) is 10.5. The minimum absolute atomic E-state index is 0.188. The summed E-state index contributed by atoms with van der Waals surface area (Å²) in [5, 5.41) is 7.69. The van der Waals surface area contributed by atoms with Gasteiger partial charge in [0.1, 0.15) is 5.15 Å². The third-order valence-electron chi connectivity index (χ3n) is 3.95. The van der Waals surface area contributed by atoms with Crippen molar-refractivity contribution in [2.24, 2.45) is 5.92 Å². The third-order valence-corrected chi connectivity index (χ3v) is 4.33. The number of halogens is 1. The summed E-state index contributed by atoms with van der Waals surface area (Å²) in [7, 11) is 0. The highest BCUT2D eigenvalue weighted by molar-refractivity contribution is 6.33. The first-order chi connectivity index (χ1) is 12.4. The summed E-state index contributed by atoms with van der Waals surface area (Å²) in [5.41, 5.74) is 3.38. The number of nitrogens with zero attached hydrogens (tertiary/aromatic N) is 2. The number of hydrogen-bond donors (Lipinski definition) is 1. The van der Waals surface area contributed by atoms with Gasteiger partial charge in [0.2, 0.25) is 0 Å². The van der Waals surface area contributed by atoms with E-state index in [9.17, 15) is 4.79 Å². The molecular formula is C20H28ClN3O2. The van der Waals surface area contributed by atoms with Crippen LogP contribution in [0.15, 0.2) is 24.3 Å². The Morgan fingerprint density at radius 3 is 2.62 bits per heavy atom. The van der Waals surface area contributed by atoms with Crippen LogP contribution in [0, 0.1) is 19.8 Å². The summed E-state index contributed by atoms with van der Waals surface area (Å²) in [6, 6.07) is 8.18. The van der Waals surface area contributed by atoms with E-state index in [4.69, 9.17) is 16.3 Å². The molecule has 0 aliphatic carbocycles. The minimum Gasteiger partial charge on any atom is -0.381 e. The Kier molecular flexibility index (Phi) is 7.66. The monoisotopic (exact) mass is 377 g/mol. The van der Waals surface area contributed by atoms with Crippen LogP contribution in [0.25, 0.3) is 0 Å². The van der Waals surface area contributed by atoms with Gasteiger partial charge in [0, 0.05) is 19.8 Å². The number of benzene rings is 1. The van der Waals surface area contributed by atoms with Crippen LogP contribution in [0.5, 0.6) is 0 Å². The molecule has 0 unspecified atom stereocenters. The number of carbonyl (C=O) groups excluding carboxylic acids is 1. The van der Waals surface area contributed by atoms with Crippen molar-refractivity contribution in [2.75, 3.05) is 19.8 Å². The van der Waals surface area contributed by atoms with Gasteiger partial charge in [0.05, 0.1) is 17.8 Å². The number of rotatable bonds is 9. The fourth-order valence-corrected chi connectivity index (χ4v) is 2.89. The second-order valence-electron chi connectivity index (χ2n) is 6.97. The lowest BCUT2D eigenvalue weighted by atomic mass is 10.1. The minimum atomic E-state index is -0.188. The van der Waals surface area contributed by atoms with Crippen molar-refractivity contribution in [1.82, 2.24) is 15.1 Å². The summed E-state index contributed by atoms with van der Waals surface area (Å²) in [6.07, 6.45) is 0.770. The second-order valence-corrected chi connectivity index (χ2v) is 7.33. The molecule has 0 aliphatic heterocycles. The Morgan fingerprint density at radius 1 is 1.27 bits per heavy atom. The Morgan fingerprint density at radius 2 is 1.96 bits per heavy atom. The second kappa shape index (κ2) is 9.74. The molecule has 0 radical (unpaired) electrons. The Balaban J connectivity index is 1.91. The molecular weight excluding hydrogens is 350 g/mol. The van der Waals surface area contributed by atoms with E-state index in [0.717, 1.165) is 18.6 Å². The highest BCUT2D eigenvalue weighted by Gasteiger charge is 2.20. The molecule has 0 saturated carbocycles. The molecule has 0 atom stereocenters. The maximum atomic E-state index is 12.4. The topological polar surface area (TPSA) is 56.2 Å².